The molecular formula is C42H77N6O5+. The van der Waals surface area contributed by atoms with E-state index in [0.717, 1.165) is 135 Å². The lowest BCUT2D eigenvalue weighted by Gasteiger charge is -2.52. The number of carbonyl (C=O) groups excluding carboxylic acids is 2. The fourth-order valence-corrected chi connectivity index (χ4v) is 9.66. The molecule has 0 aromatic carbocycles. The van der Waals surface area contributed by atoms with E-state index < -0.39 is 5.72 Å². The Balaban J connectivity index is 0.926. The molecule has 11 heteroatoms. The molecule has 0 unspecified atom stereocenters. The van der Waals surface area contributed by atoms with Crippen LogP contribution in [0, 0.1) is 0 Å². The van der Waals surface area contributed by atoms with Crippen molar-refractivity contribution in [2.24, 2.45) is 11.5 Å². The number of hydrogen-bond donors (Lipinski definition) is 4. The van der Waals surface area contributed by atoms with Crippen molar-refractivity contribution in [3.05, 3.63) is 0 Å². The van der Waals surface area contributed by atoms with Gasteiger partial charge in [-0.2, -0.15) is 0 Å². The molecule has 5 atom stereocenters. The molecule has 5 heterocycles. The molecule has 2 spiro atoms. The van der Waals surface area contributed by atoms with Gasteiger partial charge in [0.15, 0.2) is 11.4 Å². The third kappa shape index (κ3) is 13.1. The van der Waals surface area contributed by atoms with Gasteiger partial charge in [0.1, 0.15) is 12.1 Å². The molecule has 304 valence electrons. The van der Waals surface area contributed by atoms with Gasteiger partial charge in [0.05, 0.1) is 19.3 Å². The number of unbranched alkanes of at least 4 members (excludes halogenated alkanes) is 12. The molecule has 11 nitrogen and oxygen atoms in total. The van der Waals surface area contributed by atoms with Gasteiger partial charge >= 0.3 is 11.9 Å². The van der Waals surface area contributed by atoms with Crippen LogP contribution in [0.1, 0.15) is 180 Å². The first-order valence-corrected chi connectivity index (χ1v) is 22.3. The quantitative estimate of drug-likeness (QED) is 0.0535. The third-order valence-corrected chi connectivity index (χ3v) is 12.6. The Morgan fingerprint density at radius 3 is 1.91 bits per heavy atom. The molecule has 6 N–H and O–H groups in total. The standard InChI is InChI=1S/C42H76N6O5/c43-27-16-17-29-47(30-20-28-44)38(49)21-12-9-7-5-3-1-2-4-6-8-10-13-22-39(50)53-37-24-23-35-33-41(26-15-19-32-51-41)45-40-46-42(34-36(37)48(35)40)25-14-11-18-31-52-42/h35-37H,1-34,43-44H2,(H,45,46)/p+1/t35-,36+,37-,41-,42-/m0/s1. The van der Waals surface area contributed by atoms with E-state index in [2.05, 4.69) is 15.2 Å². The van der Waals surface area contributed by atoms with E-state index in [9.17, 15) is 9.59 Å². The number of rotatable bonds is 23. The Bertz CT molecular complexity index is 1120. The molecule has 0 bridgehead atoms. The highest BCUT2D eigenvalue weighted by Gasteiger charge is 2.58. The Morgan fingerprint density at radius 1 is 0.679 bits per heavy atom. The number of hydrogen-bond acceptors (Lipinski definition) is 9. The molecule has 0 aromatic rings. The average Bonchev–Trinajstić information content (AvgIpc) is 3.38. The predicted octanol–water partition coefficient (Wildman–Crippen LogP) is 6.35. The Labute approximate surface area is 321 Å². The van der Waals surface area contributed by atoms with E-state index in [1.54, 1.807) is 0 Å². The number of nitrogens with one attached hydrogen (secondary N) is 2. The van der Waals surface area contributed by atoms with Crippen molar-refractivity contribution in [2.75, 3.05) is 39.4 Å². The summed E-state index contributed by atoms with van der Waals surface area (Å²) in [6, 6.07) is 0.520. The number of guanidine groups is 1. The van der Waals surface area contributed by atoms with Crippen LogP contribution in [0.5, 0.6) is 0 Å². The van der Waals surface area contributed by atoms with Crippen molar-refractivity contribution in [2.45, 2.75) is 209 Å². The van der Waals surface area contributed by atoms with Crippen molar-refractivity contribution in [1.29, 1.82) is 0 Å². The van der Waals surface area contributed by atoms with Crippen LogP contribution in [0.15, 0.2) is 0 Å². The fourth-order valence-electron chi connectivity index (χ4n) is 9.66. The van der Waals surface area contributed by atoms with E-state index >= 15 is 0 Å². The minimum atomic E-state index is -0.404. The van der Waals surface area contributed by atoms with E-state index in [1.807, 2.05) is 4.90 Å². The topological polar surface area (TPSA) is 144 Å². The molecular weight excluding hydrogens is 668 g/mol. The van der Waals surface area contributed by atoms with Crippen LogP contribution in [0.4, 0.5) is 0 Å². The van der Waals surface area contributed by atoms with E-state index in [4.69, 9.17) is 25.7 Å². The number of ether oxygens (including phenoxy) is 3. The van der Waals surface area contributed by atoms with Crippen molar-refractivity contribution in [3.8, 4) is 0 Å². The summed E-state index contributed by atoms with van der Waals surface area (Å²) >= 11 is 0. The predicted molar refractivity (Wildman–Crippen MR) is 210 cm³/mol. The van der Waals surface area contributed by atoms with Crippen LogP contribution in [0.3, 0.4) is 0 Å². The molecule has 53 heavy (non-hydrogen) atoms. The lowest BCUT2D eigenvalue weighted by atomic mass is 9.81. The van der Waals surface area contributed by atoms with Crippen LogP contribution in [0.25, 0.3) is 0 Å². The third-order valence-electron chi connectivity index (χ3n) is 12.6. The highest BCUT2D eigenvalue weighted by Crippen LogP contribution is 2.41. The van der Waals surface area contributed by atoms with Crippen molar-refractivity contribution < 1.29 is 28.4 Å². The zero-order valence-electron chi connectivity index (χ0n) is 33.4. The van der Waals surface area contributed by atoms with Crippen LogP contribution in [0.2, 0.25) is 0 Å². The van der Waals surface area contributed by atoms with E-state index in [0.29, 0.717) is 32.0 Å². The first-order valence-electron chi connectivity index (χ1n) is 22.3. The van der Waals surface area contributed by atoms with Gasteiger partial charge in [0.25, 0.3) is 0 Å². The van der Waals surface area contributed by atoms with Gasteiger partial charge < -0.3 is 30.6 Å². The molecule has 0 aromatic heterocycles. The zero-order chi connectivity index (χ0) is 37.2. The van der Waals surface area contributed by atoms with Gasteiger partial charge in [-0.25, -0.2) is 10.6 Å². The second kappa shape index (κ2) is 22.6. The molecule has 0 saturated carbocycles. The summed E-state index contributed by atoms with van der Waals surface area (Å²) < 4.78 is 21.9. The van der Waals surface area contributed by atoms with E-state index in [1.165, 1.54) is 64.2 Å². The SMILES string of the molecule is NCCCCN(CCCN)C(=O)CCCCCCCCCCCCCCC(=O)O[C@H]1CC[C@H]2C[C@@]3(CCCCO3)NC3=[N+]2[C@@H]1C[C@@]1(CCCCCO1)N3. The second-order valence-electron chi connectivity index (χ2n) is 17.0. The van der Waals surface area contributed by atoms with Gasteiger partial charge in [-0.15, -0.1) is 0 Å². The van der Waals surface area contributed by atoms with E-state index in [-0.39, 0.29) is 29.7 Å². The number of amides is 1. The lowest BCUT2D eigenvalue weighted by molar-refractivity contribution is -0.643. The molecule has 0 radical (unpaired) electrons. The molecule has 3 saturated heterocycles. The summed E-state index contributed by atoms with van der Waals surface area (Å²) in [7, 11) is 0. The Morgan fingerprint density at radius 2 is 1.25 bits per heavy atom. The first-order chi connectivity index (χ1) is 26.0. The zero-order valence-corrected chi connectivity index (χ0v) is 33.4. The summed E-state index contributed by atoms with van der Waals surface area (Å²) in [5.41, 5.74) is 10.6. The van der Waals surface area contributed by atoms with Gasteiger partial charge in [-0.3, -0.25) is 14.2 Å². The normalized spacial score (nSPS) is 28.2. The summed E-state index contributed by atoms with van der Waals surface area (Å²) in [5.74, 6) is 1.30. The molecule has 1 amide bonds. The summed E-state index contributed by atoms with van der Waals surface area (Å²) in [4.78, 5) is 27.8. The van der Waals surface area contributed by atoms with Gasteiger partial charge in [-0.1, -0.05) is 70.6 Å². The average molecular weight is 746 g/mol. The van der Waals surface area contributed by atoms with Gasteiger partial charge in [0.2, 0.25) is 5.91 Å². The number of esters is 1. The molecule has 5 aliphatic heterocycles. The van der Waals surface area contributed by atoms with Gasteiger partial charge in [-0.05, 0) is 83.7 Å². The fraction of sp³-hybridized carbons (Fsp3) is 0.929. The number of nitrogens with two attached hydrogens (primary N) is 2. The molecule has 0 aliphatic carbocycles. The van der Waals surface area contributed by atoms with Crippen molar-refractivity contribution in [3.63, 3.8) is 0 Å². The Kier molecular flexibility index (Phi) is 18.0. The minimum Gasteiger partial charge on any atom is -0.459 e. The number of piperidine rings is 1. The summed E-state index contributed by atoms with van der Waals surface area (Å²) in [6.45, 7) is 4.49. The van der Waals surface area contributed by atoms with Gasteiger partial charge in [0, 0.05) is 51.6 Å². The largest absolute Gasteiger partial charge is 0.459 e. The number of nitrogens with zero attached hydrogens (tertiary/aromatic N) is 2. The molecule has 3 fully saturated rings. The van der Waals surface area contributed by atoms with Crippen LogP contribution < -0.4 is 22.1 Å². The molecule has 5 rings (SSSR count). The maximum atomic E-state index is 13.2. The van der Waals surface area contributed by atoms with Crippen molar-refractivity contribution >= 4 is 17.8 Å². The van der Waals surface area contributed by atoms with Crippen LogP contribution >= 0.6 is 0 Å². The maximum Gasteiger partial charge on any atom is 0.351 e. The highest BCUT2D eigenvalue weighted by atomic mass is 16.5. The highest BCUT2D eigenvalue weighted by molar-refractivity contribution is 5.78. The minimum absolute atomic E-state index is 0.0304. The second-order valence-corrected chi connectivity index (χ2v) is 17.0. The Hall–Kier alpha value is -1.95. The molecule has 5 aliphatic rings. The monoisotopic (exact) mass is 746 g/mol. The summed E-state index contributed by atoms with van der Waals surface area (Å²) in [5, 5.41) is 7.69. The lowest BCUT2D eigenvalue weighted by Crippen LogP contribution is -2.75. The van der Waals surface area contributed by atoms with Crippen LogP contribution in [-0.2, 0) is 23.8 Å². The van der Waals surface area contributed by atoms with Crippen molar-refractivity contribution in [1.82, 2.24) is 15.5 Å². The number of carbonyl (C=O) groups is 2. The first kappa shape index (κ1) is 42.2. The summed E-state index contributed by atoms with van der Waals surface area (Å²) in [6.07, 6.45) is 29.7. The smallest absolute Gasteiger partial charge is 0.351 e. The van der Waals surface area contributed by atoms with Crippen LogP contribution in [-0.4, -0.2) is 96.3 Å². The maximum absolute atomic E-state index is 13.2.